The maximum Gasteiger partial charge on any atom is 0.311 e. The Morgan fingerprint density at radius 1 is 1.56 bits per heavy atom. The Kier molecular flexibility index (Phi) is 4.36. The molecule has 0 aromatic heterocycles. The number of aliphatic hydroxyl groups is 1. The molecule has 1 saturated carbocycles. The fourth-order valence-electron chi connectivity index (χ4n) is 3.23. The van der Waals surface area contributed by atoms with Crippen LogP contribution in [-0.4, -0.2) is 23.8 Å². The summed E-state index contributed by atoms with van der Waals surface area (Å²) in [6.45, 7) is 6.03. The lowest BCUT2D eigenvalue weighted by molar-refractivity contribution is -0.163. The maximum atomic E-state index is 11.8. The van der Waals surface area contributed by atoms with E-state index in [1.807, 2.05) is 13.8 Å². The second-order valence-electron chi connectivity index (χ2n) is 5.23. The molecule has 1 N–H and O–H groups in total. The molecular weight excluding hydrogens is 204 g/mol. The third-order valence-corrected chi connectivity index (χ3v) is 3.99. The smallest absolute Gasteiger partial charge is 0.311 e. The molecule has 94 valence electrons. The van der Waals surface area contributed by atoms with Crippen molar-refractivity contribution in [2.45, 2.75) is 52.1 Å². The monoisotopic (exact) mass is 228 g/mol. The van der Waals surface area contributed by atoms with Crippen molar-refractivity contribution in [2.75, 3.05) is 7.11 Å². The summed E-state index contributed by atoms with van der Waals surface area (Å²) in [7, 11) is 1.40. The fraction of sp³-hybridized carbons (Fsp3) is 0.923. The molecule has 0 aliphatic heterocycles. The van der Waals surface area contributed by atoms with Crippen molar-refractivity contribution >= 4 is 5.97 Å². The van der Waals surface area contributed by atoms with Crippen molar-refractivity contribution in [1.29, 1.82) is 0 Å². The first-order valence-corrected chi connectivity index (χ1v) is 6.27. The van der Waals surface area contributed by atoms with Gasteiger partial charge in [0.1, 0.15) is 0 Å². The quantitative estimate of drug-likeness (QED) is 0.751. The van der Waals surface area contributed by atoms with Crippen LogP contribution in [-0.2, 0) is 9.53 Å². The van der Waals surface area contributed by atoms with Crippen LogP contribution in [0.3, 0.4) is 0 Å². The molecule has 0 bridgehead atoms. The average Bonchev–Trinajstić information content (AvgIpc) is 2.59. The summed E-state index contributed by atoms with van der Waals surface area (Å²) in [6, 6.07) is 0. The molecule has 3 atom stereocenters. The van der Waals surface area contributed by atoms with E-state index in [4.69, 9.17) is 4.74 Å². The standard InChI is InChI=1S/C13H24O3/c1-5-10-7-6-8-13(10,15)11(9(2)3)12(14)16-4/h9-11,15H,5-8H2,1-4H3. The summed E-state index contributed by atoms with van der Waals surface area (Å²) in [5.41, 5.74) is -0.851. The van der Waals surface area contributed by atoms with Crippen LogP contribution >= 0.6 is 0 Å². The molecule has 0 saturated heterocycles. The fourth-order valence-corrected chi connectivity index (χ4v) is 3.23. The minimum Gasteiger partial charge on any atom is -0.469 e. The van der Waals surface area contributed by atoms with Gasteiger partial charge in [0, 0.05) is 0 Å². The van der Waals surface area contributed by atoms with Crippen LogP contribution in [0.5, 0.6) is 0 Å². The molecule has 0 heterocycles. The van der Waals surface area contributed by atoms with Gasteiger partial charge in [0.15, 0.2) is 0 Å². The minimum atomic E-state index is -0.851. The number of carbonyl (C=O) groups is 1. The van der Waals surface area contributed by atoms with Gasteiger partial charge in [-0.15, -0.1) is 0 Å². The molecule has 1 rings (SSSR count). The summed E-state index contributed by atoms with van der Waals surface area (Å²) in [5, 5.41) is 10.8. The van der Waals surface area contributed by atoms with Gasteiger partial charge in [-0.2, -0.15) is 0 Å². The number of methoxy groups -OCH3 is 1. The molecule has 0 radical (unpaired) electrons. The highest BCUT2D eigenvalue weighted by atomic mass is 16.5. The van der Waals surface area contributed by atoms with E-state index >= 15 is 0 Å². The Morgan fingerprint density at radius 3 is 2.62 bits per heavy atom. The zero-order valence-corrected chi connectivity index (χ0v) is 10.8. The maximum absolute atomic E-state index is 11.8. The zero-order chi connectivity index (χ0) is 12.3. The molecule has 0 aromatic carbocycles. The van der Waals surface area contributed by atoms with Gasteiger partial charge in [0.2, 0.25) is 0 Å². The molecule has 0 aromatic rings. The first kappa shape index (κ1) is 13.5. The largest absolute Gasteiger partial charge is 0.469 e. The molecule has 3 unspecified atom stereocenters. The Bertz CT molecular complexity index is 250. The van der Waals surface area contributed by atoms with Gasteiger partial charge < -0.3 is 9.84 Å². The summed E-state index contributed by atoms with van der Waals surface area (Å²) in [4.78, 5) is 11.8. The first-order valence-electron chi connectivity index (χ1n) is 6.27. The minimum absolute atomic E-state index is 0.115. The molecule has 3 nitrogen and oxygen atoms in total. The molecule has 1 aliphatic rings. The van der Waals surface area contributed by atoms with Gasteiger partial charge in [-0.1, -0.05) is 33.6 Å². The number of esters is 1. The van der Waals surface area contributed by atoms with Crippen LogP contribution in [0.15, 0.2) is 0 Å². The third-order valence-electron chi connectivity index (χ3n) is 3.99. The predicted molar refractivity (Wildman–Crippen MR) is 62.9 cm³/mol. The van der Waals surface area contributed by atoms with E-state index in [9.17, 15) is 9.90 Å². The highest BCUT2D eigenvalue weighted by Crippen LogP contribution is 2.45. The van der Waals surface area contributed by atoms with Crippen molar-refractivity contribution in [3.8, 4) is 0 Å². The van der Waals surface area contributed by atoms with Gasteiger partial charge in [0.25, 0.3) is 0 Å². The lowest BCUT2D eigenvalue weighted by atomic mass is 9.73. The predicted octanol–water partition coefficient (Wildman–Crippen LogP) is 2.37. The SMILES string of the molecule is CCC1CCCC1(O)C(C(=O)OC)C(C)C. The molecule has 16 heavy (non-hydrogen) atoms. The molecule has 0 spiro atoms. The van der Waals surface area contributed by atoms with Crippen molar-refractivity contribution in [3.05, 3.63) is 0 Å². The molecule has 3 heteroatoms. The summed E-state index contributed by atoms with van der Waals surface area (Å²) < 4.78 is 4.85. The molecule has 1 aliphatic carbocycles. The lowest BCUT2D eigenvalue weighted by Crippen LogP contribution is -2.48. The zero-order valence-electron chi connectivity index (χ0n) is 10.8. The number of rotatable bonds is 4. The van der Waals surface area contributed by atoms with E-state index in [0.717, 1.165) is 25.7 Å². The lowest BCUT2D eigenvalue weighted by Gasteiger charge is -2.38. The summed E-state index contributed by atoms with van der Waals surface area (Å²) in [5.74, 6) is -0.300. The van der Waals surface area contributed by atoms with Crippen molar-refractivity contribution < 1.29 is 14.6 Å². The summed E-state index contributed by atoms with van der Waals surface area (Å²) >= 11 is 0. The molecule has 1 fully saturated rings. The third kappa shape index (κ3) is 2.24. The van der Waals surface area contributed by atoms with E-state index in [-0.39, 0.29) is 23.7 Å². The Hall–Kier alpha value is -0.570. The molecule has 0 amide bonds. The van der Waals surface area contributed by atoms with Gasteiger partial charge in [-0.3, -0.25) is 4.79 Å². The second-order valence-corrected chi connectivity index (χ2v) is 5.23. The Balaban J connectivity index is 2.96. The van der Waals surface area contributed by atoms with Crippen molar-refractivity contribution in [2.24, 2.45) is 17.8 Å². The van der Waals surface area contributed by atoms with Crippen LogP contribution in [0.2, 0.25) is 0 Å². The van der Waals surface area contributed by atoms with Crippen LogP contribution in [0.1, 0.15) is 46.5 Å². The van der Waals surface area contributed by atoms with E-state index in [2.05, 4.69) is 6.92 Å². The van der Waals surface area contributed by atoms with E-state index < -0.39 is 5.60 Å². The van der Waals surface area contributed by atoms with E-state index in [1.54, 1.807) is 0 Å². The van der Waals surface area contributed by atoms with Crippen LogP contribution in [0.25, 0.3) is 0 Å². The van der Waals surface area contributed by atoms with Crippen LogP contribution in [0.4, 0.5) is 0 Å². The van der Waals surface area contributed by atoms with Gasteiger partial charge >= 0.3 is 5.97 Å². The Morgan fingerprint density at radius 2 is 2.19 bits per heavy atom. The number of carbonyl (C=O) groups excluding carboxylic acids is 1. The van der Waals surface area contributed by atoms with E-state index in [0.29, 0.717) is 0 Å². The number of hydrogen-bond acceptors (Lipinski definition) is 3. The summed E-state index contributed by atoms with van der Waals surface area (Å²) in [6.07, 6.45) is 3.68. The van der Waals surface area contributed by atoms with Gasteiger partial charge in [-0.25, -0.2) is 0 Å². The van der Waals surface area contributed by atoms with Crippen molar-refractivity contribution in [3.63, 3.8) is 0 Å². The van der Waals surface area contributed by atoms with Gasteiger partial charge in [-0.05, 0) is 24.7 Å². The average molecular weight is 228 g/mol. The highest BCUT2D eigenvalue weighted by Gasteiger charge is 2.50. The number of hydrogen-bond donors (Lipinski definition) is 1. The topological polar surface area (TPSA) is 46.5 Å². The van der Waals surface area contributed by atoms with E-state index in [1.165, 1.54) is 7.11 Å². The first-order chi connectivity index (χ1) is 7.47. The van der Waals surface area contributed by atoms with Crippen molar-refractivity contribution in [1.82, 2.24) is 0 Å². The Labute approximate surface area is 98.2 Å². The van der Waals surface area contributed by atoms with Crippen LogP contribution < -0.4 is 0 Å². The normalized spacial score (nSPS) is 31.8. The number of ether oxygens (including phenoxy) is 1. The van der Waals surface area contributed by atoms with Gasteiger partial charge in [0.05, 0.1) is 18.6 Å². The second kappa shape index (κ2) is 5.17. The van der Waals surface area contributed by atoms with Crippen LogP contribution in [0, 0.1) is 17.8 Å². The molecular formula is C13H24O3. The highest BCUT2D eigenvalue weighted by molar-refractivity contribution is 5.74.